The van der Waals surface area contributed by atoms with Gasteiger partial charge in [0.15, 0.2) is 0 Å². The maximum Gasteiger partial charge on any atom is 0.319 e. The van der Waals surface area contributed by atoms with Gasteiger partial charge < -0.3 is 10.6 Å². The Labute approximate surface area is 134 Å². The molecular weight excluding hydrogens is 294 g/mol. The summed E-state index contributed by atoms with van der Waals surface area (Å²) in [5.41, 5.74) is 2.29. The van der Waals surface area contributed by atoms with Gasteiger partial charge >= 0.3 is 6.03 Å². The van der Waals surface area contributed by atoms with E-state index in [0.717, 1.165) is 11.1 Å². The number of benzene rings is 2. The number of urea groups is 1. The maximum atomic E-state index is 12.0. The molecule has 2 aromatic carbocycles. The summed E-state index contributed by atoms with van der Waals surface area (Å²) in [6.45, 7) is 4.28. The SMILES string of the molecule is Cc1ccc([N+](=O)[O-])cc1NC(=O)NCC(C)c1ccccc1. The first kappa shape index (κ1) is 16.5. The number of nitro groups is 1. The highest BCUT2D eigenvalue weighted by molar-refractivity contribution is 5.90. The van der Waals surface area contributed by atoms with Crippen LogP contribution in [0, 0.1) is 17.0 Å². The number of anilines is 1. The number of carbonyl (C=O) groups is 1. The summed E-state index contributed by atoms with van der Waals surface area (Å²) < 4.78 is 0. The fourth-order valence-electron chi connectivity index (χ4n) is 2.17. The quantitative estimate of drug-likeness (QED) is 0.650. The molecule has 0 aliphatic heterocycles. The third-order valence-corrected chi connectivity index (χ3v) is 3.62. The van der Waals surface area contributed by atoms with Gasteiger partial charge in [0.25, 0.3) is 5.69 Å². The summed E-state index contributed by atoms with van der Waals surface area (Å²) in [5.74, 6) is 0.174. The number of nitrogens with zero attached hydrogens (tertiary/aromatic N) is 1. The molecule has 0 bridgehead atoms. The molecule has 1 unspecified atom stereocenters. The van der Waals surface area contributed by atoms with Crippen molar-refractivity contribution in [2.75, 3.05) is 11.9 Å². The van der Waals surface area contributed by atoms with E-state index in [-0.39, 0.29) is 17.6 Å². The fraction of sp³-hybridized carbons (Fsp3) is 0.235. The van der Waals surface area contributed by atoms with Crippen LogP contribution in [0.1, 0.15) is 24.0 Å². The van der Waals surface area contributed by atoms with Crippen LogP contribution in [0.5, 0.6) is 0 Å². The van der Waals surface area contributed by atoms with E-state index in [4.69, 9.17) is 0 Å². The number of nitro benzene ring substituents is 1. The van der Waals surface area contributed by atoms with Crippen LogP contribution in [-0.2, 0) is 0 Å². The lowest BCUT2D eigenvalue weighted by atomic mass is 10.0. The van der Waals surface area contributed by atoms with Gasteiger partial charge in [-0.25, -0.2) is 4.79 Å². The van der Waals surface area contributed by atoms with E-state index < -0.39 is 4.92 Å². The van der Waals surface area contributed by atoms with Gasteiger partial charge in [-0.1, -0.05) is 43.3 Å². The van der Waals surface area contributed by atoms with Crippen molar-refractivity contribution < 1.29 is 9.72 Å². The molecule has 120 valence electrons. The monoisotopic (exact) mass is 313 g/mol. The zero-order valence-electron chi connectivity index (χ0n) is 13.1. The lowest BCUT2D eigenvalue weighted by Gasteiger charge is -2.14. The average molecular weight is 313 g/mol. The number of non-ortho nitro benzene ring substituents is 1. The summed E-state index contributed by atoms with van der Waals surface area (Å²) in [7, 11) is 0. The van der Waals surface area contributed by atoms with E-state index in [2.05, 4.69) is 10.6 Å². The number of hydrogen-bond donors (Lipinski definition) is 2. The number of carbonyl (C=O) groups excluding carboxylic acids is 1. The van der Waals surface area contributed by atoms with Crippen LogP contribution >= 0.6 is 0 Å². The third kappa shape index (κ3) is 4.54. The van der Waals surface area contributed by atoms with Crippen LogP contribution in [0.3, 0.4) is 0 Å². The van der Waals surface area contributed by atoms with E-state index in [9.17, 15) is 14.9 Å². The largest absolute Gasteiger partial charge is 0.337 e. The second-order valence-corrected chi connectivity index (χ2v) is 5.40. The predicted octanol–water partition coefficient (Wildman–Crippen LogP) is 3.83. The van der Waals surface area contributed by atoms with Gasteiger partial charge in [-0.2, -0.15) is 0 Å². The molecule has 0 heterocycles. The highest BCUT2D eigenvalue weighted by Crippen LogP contribution is 2.21. The molecule has 0 aliphatic carbocycles. The zero-order chi connectivity index (χ0) is 16.8. The topological polar surface area (TPSA) is 84.3 Å². The van der Waals surface area contributed by atoms with Crippen molar-refractivity contribution in [1.29, 1.82) is 0 Å². The number of hydrogen-bond acceptors (Lipinski definition) is 3. The first-order chi connectivity index (χ1) is 11.0. The molecular formula is C17H19N3O3. The van der Waals surface area contributed by atoms with Crippen LogP contribution in [0.2, 0.25) is 0 Å². The standard InChI is InChI=1S/C17H19N3O3/c1-12-8-9-15(20(22)23)10-16(12)19-17(21)18-11-13(2)14-6-4-3-5-7-14/h3-10,13H,11H2,1-2H3,(H2,18,19,21). The minimum Gasteiger partial charge on any atom is -0.337 e. The van der Waals surface area contributed by atoms with Gasteiger partial charge in [-0.3, -0.25) is 10.1 Å². The normalized spacial score (nSPS) is 11.6. The van der Waals surface area contributed by atoms with Crippen molar-refractivity contribution in [3.63, 3.8) is 0 Å². The molecule has 2 aromatic rings. The van der Waals surface area contributed by atoms with Crippen molar-refractivity contribution in [3.8, 4) is 0 Å². The van der Waals surface area contributed by atoms with Gasteiger partial charge in [0.05, 0.1) is 10.6 Å². The van der Waals surface area contributed by atoms with Crippen molar-refractivity contribution >= 4 is 17.4 Å². The average Bonchev–Trinajstić information content (AvgIpc) is 2.55. The van der Waals surface area contributed by atoms with Crippen molar-refractivity contribution in [2.45, 2.75) is 19.8 Å². The predicted molar refractivity (Wildman–Crippen MR) is 89.7 cm³/mol. The molecule has 0 saturated heterocycles. The zero-order valence-corrected chi connectivity index (χ0v) is 13.1. The smallest absolute Gasteiger partial charge is 0.319 e. The Balaban J connectivity index is 1.95. The summed E-state index contributed by atoms with van der Waals surface area (Å²) in [4.78, 5) is 22.3. The molecule has 2 amide bonds. The van der Waals surface area contributed by atoms with E-state index in [0.29, 0.717) is 12.2 Å². The van der Waals surface area contributed by atoms with E-state index in [1.54, 1.807) is 13.0 Å². The second kappa shape index (κ2) is 7.40. The third-order valence-electron chi connectivity index (χ3n) is 3.62. The number of aryl methyl sites for hydroxylation is 1. The van der Waals surface area contributed by atoms with Crippen LogP contribution < -0.4 is 10.6 Å². The van der Waals surface area contributed by atoms with Crippen LogP contribution in [-0.4, -0.2) is 17.5 Å². The second-order valence-electron chi connectivity index (χ2n) is 5.40. The molecule has 6 nitrogen and oxygen atoms in total. The molecule has 6 heteroatoms. The van der Waals surface area contributed by atoms with Crippen molar-refractivity contribution in [2.24, 2.45) is 0 Å². The summed E-state index contributed by atoms with van der Waals surface area (Å²) in [5, 5.41) is 16.2. The van der Waals surface area contributed by atoms with E-state index >= 15 is 0 Å². The maximum absolute atomic E-state index is 12.0. The van der Waals surface area contributed by atoms with Gasteiger partial charge in [0.1, 0.15) is 0 Å². The molecule has 23 heavy (non-hydrogen) atoms. The molecule has 0 fully saturated rings. The van der Waals surface area contributed by atoms with Crippen LogP contribution in [0.25, 0.3) is 0 Å². The highest BCUT2D eigenvalue weighted by atomic mass is 16.6. The minimum atomic E-state index is -0.486. The molecule has 2 N–H and O–H groups in total. The highest BCUT2D eigenvalue weighted by Gasteiger charge is 2.12. The first-order valence-electron chi connectivity index (χ1n) is 7.32. The molecule has 1 atom stereocenters. The van der Waals surface area contributed by atoms with Gasteiger partial charge in [-0.05, 0) is 24.0 Å². The van der Waals surface area contributed by atoms with Crippen LogP contribution in [0.15, 0.2) is 48.5 Å². The number of rotatable bonds is 5. The Kier molecular flexibility index (Phi) is 5.30. The van der Waals surface area contributed by atoms with E-state index in [1.165, 1.54) is 12.1 Å². The van der Waals surface area contributed by atoms with Gasteiger partial charge in [0.2, 0.25) is 0 Å². The lowest BCUT2D eigenvalue weighted by Crippen LogP contribution is -2.32. The van der Waals surface area contributed by atoms with Crippen LogP contribution in [0.4, 0.5) is 16.2 Å². The molecule has 2 rings (SSSR count). The fourth-order valence-corrected chi connectivity index (χ4v) is 2.17. The number of nitrogens with one attached hydrogen (secondary N) is 2. The first-order valence-corrected chi connectivity index (χ1v) is 7.32. The van der Waals surface area contributed by atoms with Gasteiger partial charge in [-0.15, -0.1) is 0 Å². The Bertz CT molecular complexity index is 701. The van der Waals surface area contributed by atoms with Gasteiger partial charge in [0, 0.05) is 18.7 Å². The summed E-state index contributed by atoms with van der Waals surface area (Å²) >= 11 is 0. The van der Waals surface area contributed by atoms with Crippen molar-refractivity contribution in [3.05, 3.63) is 69.8 Å². The molecule has 0 saturated carbocycles. The Hall–Kier alpha value is -2.89. The lowest BCUT2D eigenvalue weighted by molar-refractivity contribution is -0.384. The minimum absolute atomic E-state index is 0.0523. The van der Waals surface area contributed by atoms with Crippen molar-refractivity contribution in [1.82, 2.24) is 5.32 Å². The molecule has 0 aromatic heterocycles. The Morgan fingerprint density at radius 2 is 1.91 bits per heavy atom. The Morgan fingerprint density at radius 3 is 2.57 bits per heavy atom. The molecule has 0 radical (unpaired) electrons. The van der Waals surface area contributed by atoms with E-state index in [1.807, 2.05) is 37.3 Å². The molecule has 0 aliphatic rings. The summed E-state index contributed by atoms with van der Waals surface area (Å²) in [6.07, 6.45) is 0. The number of amides is 2. The molecule has 0 spiro atoms. The Morgan fingerprint density at radius 1 is 1.22 bits per heavy atom. The summed E-state index contributed by atoms with van der Waals surface area (Å²) in [6, 6.07) is 13.9.